The van der Waals surface area contributed by atoms with Gasteiger partial charge in [-0.2, -0.15) is 0 Å². The van der Waals surface area contributed by atoms with Crippen molar-refractivity contribution in [2.45, 2.75) is 19.9 Å². The second-order valence-corrected chi connectivity index (χ2v) is 2.06. The summed E-state index contributed by atoms with van der Waals surface area (Å²) >= 11 is 0. The van der Waals surface area contributed by atoms with Gasteiger partial charge < -0.3 is 16.5 Å². The Bertz CT molecular complexity index is 31.4. The van der Waals surface area contributed by atoms with E-state index in [9.17, 15) is 0 Å². The zero-order chi connectivity index (χ0) is 5.15. The van der Waals surface area contributed by atoms with Crippen LogP contribution in [-0.2, 0) is 0 Å². The van der Waals surface area contributed by atoms with Gasteiger partial charge in [-0.1, -0.05) is 0 Å². The van der Waals surface area contributed by atoms with Gasteiger partial charge in [0.05, 0.1) is 0 Å². The minimum absolute atomic E-state index is 0. The highest BCUT2D eigenvalue weighted by Crippen LogP contribution is 1.84. The van der Waals surface area contributed by atoms with Crippen LogP contribution >= 0.6 is 0 Å². The van der Waals surface area contributed by atoms with Crippen molar-refractivity contribution in [2.24, 2.45) is 0 Å². The zero-order valence-electron chi connectivity index (χ0n) is 6.23. The minimum Gasteiger partial charge on any atom is -0.412 e. The lowest BCUT2D eigenvalue weighted by Gasteiger charge is -2.12. The molecule has 0 aliphatic carbocycles. The molecule has 5 N–H and O–H groups in total. The number of hydrogen-bond donors (Lipinski definition) is 1. The Kier molecular flexibility index (Phi) is 13.5. The number of rotatable bonds is 1. The average Bonchev–Trinajstić information content (AvgIpc) is 1.36. The van der Waals surface area contributed by atoms with Gasteiger partial charge in [0.15, 0.2) is 0 Å². The van der Waals surface area contributed by atoms with Crippen LogP contribution in [0, 0.1) is 0 Å². The maximum Gasteiger partial charge on any atom is 0.00324 e. The highest BCUT2D eigenvalue weighted by Gasteiger charge is 1.90. The van der Waals surface area contributed by atoms with Crippen LogP contribution in [0.1, 0.15) is 13.8 Å². The second-order valence-electron chi connectivity index (χ2n) is 2.06. The smallest absolute Gasteiger partial charge is 0.00324 e. The predicted molar refractivity (Wildman–Crippen MR) is 37.5 cm³/mol. The summed E-state index contributed by atoms with van der Waals surface area (Å²) in [6.45, 7) is 4.33. The largest absolute Gasteiger partial charge is 0.412 e. The van der Waals surface area contributed by atoms with Crippen molar-refractivity contribution in [3.05, 3.63) is 0 Å². The lowest BCUT2D eigenvalue weighted by Crippen LogP contribution is -2.20. The molecule has 8 heavy (non-hydrogen) atoms. The number of hydrogen-bond acceptors (Lipinski definition) is 2. The van der Waals surface area contributed by atoms with Gasteiger partial charge >= 0.3 is 0 Å². The molecule has 0 bridgehead atoms. The first-order valence-electron chi connectivity index (χ1n) is 2.31. The van der Waals surface area contributed by atoms with Gasteiger partial charge in [0.1, 0.15) is 0 Å². The molecule has 0 aromatic rings. The molecular formula is C5H18N2O. The van der Waals surface area contributed by atoms with Crippen LogP contribution in [0.2, 0.25) is 0 Å². The Hall–Kier alpha value is -0.120. The van der Waals surface area contributed by atoms with E-state index in [4.69, 9.17) is 0 Å². The molecule has 0 aliphatic heterocycles. The van der Waals surface area contributed by atoms with Crippen LogP contribution in [0.4, 0.5) is 0 Å². The maximum atomic E-state index is 2.17. The Morgan fingerprint density at radius 2 is 1.25 bits per heavy atom. The van der Waals surface area contributed by atoms with Crippen LogP contribution in [0.15, 0.2) is 0 Å². The predicted octanol–water partition coefficient (Wildman–Crippen LogP) is 0.294. The van der Waals surface area contributed by atoms with Gasteiger partial charge in [-0.15, -0.1) is 0 Å². The first-order chi connectivity index (χ1) is 2.64. The fraction of sp³-hybridized carbons (Fsp3) is 1.00. The molecule has 0 saturated heterocycles. The normalized spacial score (nSPS) is 8.25. The summed E-state index contributed by atoms with van der Waals surface area (Å²) < 4.78 is 0. The van der Waals surface area contributed by atoms with E-state index in [1.165, 1.54) is 0 Å². The average molecular weight is 122 g/mol. The Morgan fingerprint density at radius 1 is 1.12 bits per heavy atom. The summed E-state index contributed by atoms with van der Waals surface area (Å²) in [6, 6.07) is 0.685. The first-order valence-corrected chi connectivity index (χ1v) is 2.31. The summed E-state index contributed by atoms with van der Waals surface area (Å²) in [5.41, 5.74) is 0. The van der Waals surface area contributed by atoms with E-state index >= 15 is 0 Å². The molecule has 0 rings (SSSR count). The third kappa shape index (κ3) is 9.30. The minimum atomic E-state index is 0. The molecule has 0 aromatic heterocycles. The molecular weight excluding hydrogens is 104 g/mol. The van der Waals surface area contributed by atoms with E-state index in [0.717, 1.165) is 0 Å². The van der Waals surface area contributed by atoms with Crippen LogP contribution in [0.5, 0.6) is 0 Å². The molecule has 0 amide bonds. The van der Waals surface area contributed by atoms with E-state index < -0.39 is 0 Å². The van der Waals surface area contributed by atoms with Crippen molar-refractivity contribution in [3.8, 4) is 0 Å². The van der Waals surface area contributed by atoms with Crippen molar-refractivity contribution < 1.29 is 5.48 Å². The molecule has 0 atom stereocenters. The van der Waals surface area contributed by atoms with Gasteiger partial charge in [0.25, 0.3) is 0 Å². The maximum absolute atomic E-state index is 2.17. The Balaban J connectivity index is -0.000000125. The van der Waals surface area contributed by atoms with Gasteiger partial charge in [-0.3, -0.25) is 0 Å². The summed E-state index contributed by atoms with van der Waals surface area (Å²) in [4.78, 5) is 2.17. The van der Waals surface area contributed by atoms with Gasteiger partial charge in [-0.25, -0.2) is 0 Å². The molecule has 0 aliphatic rings. The number of nitrogens with zero attached hydrogens (tertiary/aromatic N) is 1. The second kappa shape index (κ2) is 6.88. The molecule has 0 radical (unpaired) electrons. The molecule has 3 nitrogen and oxygen atoms in total. The van der Waals surface area contributed by atoms with Crippen molar-refractivity contribution in [2.75, 3.05) is 14.1 Å². The van der Waals surface area contributed by atoms with E-state index in [1.807, 2.05) is 0 Å². The van der Waals surface area contributed by atoms with Crippen molar-refractivity contribution in [1.29, 1.82) is 0 Å². The highest BCUT2D eigenvalue weighted by molar-refractivity contribution is 4.46. The van der Waals surface area contributed by atoms with Gasteiger partial charge in [-0.05, 0) is 27.9 Å². The summed E-state index contributed by atoms with van der Waals surface area (Å²) in [7, 11) is 4.15. The van der Waals surface area contributed by atoms with Crippen LogP contribution in [-0.4, -0.2) is 30.5 Å². The fourth-order valence-corrected chi connectivity index (χ4v) is 0. The summed E-state index contributed by atoms with van der Waals surface area (Å²) in [5, 5.41) is 0. The SMILES string of the molecule is CC(C)N(C)C.N.O. The van der Waals surface area contributed by atoms with E-state index in [2.05, 4.69) is 32.8 Å². The molecule has 0 fully saturated rings. The lowest BCUT2D eigenvalue weighted by atomic mass is 10.4. The molecule has 3 heteroatoms. The fourth-order valence-electron chi connectivity index (χ4n) is 0. The quantitative estimate of drug-likeness (QED) is 0.543. The summed E-state index contributed by atoms with van der Waals surface area (Å²) in [6.07, 6.45) is 0. The topological polar surface area (TPSA) is 69.7 Å². The zero-order valence-corrected chi connectivity index (χ0v) is 6.23. The van der Waals surface area contributed by atoms with Crippen molar-refractivity contribution in [1.82, 2.24) is 11.1 Å². The first kappa shape index (κ1) is 15.7. The standard InChI is InChI=1S/C5H13N.H3N.H2O/c1-5(2)6(3)4;;/h5H,1-4H3;1H3;1H2. The van der Waals surface area contributed by atoms with Gasteiger partial charge in [0.2, 0.25) is 0 Å². The van der Waals surface area contributed by atoms with Crippen LogP contribution < -0.4 is 6.15 Å². The van der Waals surface area contributed by atoms with Crippen molar-refractivity contribution in [3.63, 3.8) is 0 Å². The highest BCUT2D eigenvalue weighted by atomic mass is 16.0. The summed E-state index contributed by atoms with van der Waals surface area (Å²) in [5.74, 6) is 0. The molecule has 0 saturated carbocycles. The van der Waals surface area contributed by atoms with E-state index in [1.54, 1.807) is 0 Å². The molecule has 0 aromatic carbocycles. The van der Waals surface area contributed by atoms with E-state index in [0.29, 0.717) is 6.04 Å². The third-order valence-corrected chi connectivity index (χ3v) is 1.03. The van der Waals surface area contributed by atoms with Crippen LogP contribution in [0.25, 0.3) is 0 Å². The van der Waals surface area contributed by atoms with Crippen molar-refractivity contribution >= 4 is 0 Å². The third-order valence-electron chi connectivity index (χ3n) is 1.03. The molecule has 54 valence electrons. The lowest BCUT2D eigenvalue weighted by molar-refractivity contribution is 0.335. The molecule has 0 heterocycles. The molecule has 0 spiro atoms. The Labute approximate surface area is 51.6 Å². The Morgan fingerprint density at radius 3 is 1.25 bits per heavy atom. The van der Waals surface area contributed by atoms with Gasteiger partial charge in [0, 0.05) is 6.04 Å². The molecule has 0 unspecified atom stereocenters. The van der Waals surface area contributed by atoms with E-state index in [-0.39, 0.29) is 11.6 Å². The monoisotopic (exact) mass is 122 g/mol. The van der Waals surface area contributed by atoms with Crippen LogP contribution in [0.3, 0.4) is 0 Å².